The second-order valence-corrected chi connectivity index (χ2v) is 3.70. The van der Waals surface area contributed by atoms with Gasteiger partial charge in [-0.1, -0.05) is 0 Å². The smallest absolute Gasteiger partial charge is 0.161 e. The largest absolute Gasteiger partial charge is 0.397 e. The highest BCUT2D eigenvalue weighted by Gasteiger charge is 2.14. The number of anilines is 1. The van der Waals surface area contributed by atoms with Crippen molar-refractivity contribution in [2.75, 3.05) is 5.73 Å². The predicted octanol–water partition coefficient (Wildman–Crippen LogP) is 3.06. The Labute approximate surface area is 95.9 Å². The molecule has 0 aliphatic rings. The molecular formula is C12H9F3N2. The minimum absolute atomic E-state index is 0.104. The third kappa shape index (κ3) is 2.08. The first-order valence-electron chi connectivity index (χ1n) is 4.86. The van der Waals surface area contributed by atoms with Crippen LogP contribution < -0.4 is 5.73 Å². The van der Waals surface area contributed by atoms with Gasteiger partial charge in [0, 0.05) is 17.8 Å². The third-order valence-electron chi connectivity index (χ3n) is 2.32. The summed E-state index contributed by atoms with van der Waals surface area (Å²) in [6.07, 6.45) is 1.48. The topological polar surface area (TPSA) is 38.9 Å². The molecule has 17 heavy (non-hydrogen) atoms. The summed E-state index contributed by atoms with van der Waals surface area (Å²) in [5.74, 6) is -3.27. The zero-order chi connectivity index (χ0) is 12.6. The number of aromatic nitrogens is 1. The molecular weight excluding hydrogens is 229 g/mol. The van der Waals surface area contributed by atoms with E-state index in [0.29, 0.717) is 6.07 Å². The van der Waals surface area contributed by atoms with Crippen LogP contribution in [0.4, 0.5) is 18.9 Å². The van der Waals surface area contributed by atoms with Crippen LogP contribution in [0.2, 0.25) is 0 Å². The molecule has 0 bridgehead atoms. The molecule has 0 fully saturated rings. The quantitative estimate of drug-likeness (QED) is 0.775. The molecule has 0 spiro atoms. The molecule has 0 saturated carbocycles. The maximum absolute atomic E-state index is 13.5. The summed E-state index contributed by atoms with van der Waals surface area (Å²) in [5, 5.41) is 0. The van der Waals surface area contributed by atoms with Gasteiger partial charge >= 0.3 is 0 Å². The van der Waals surface area contributed by atoms with Crippen LogP contribution in [0, 0.1) is 24.4 Å². The lowest BCUT2D eigenvalue weighted by atomic mass is 10.1. The SMILES string of the molecule is Cc1cnc(-c2cc(F)c(F)cc2F)c(N)c1. The molecule has 0 amide bonds. The van der Waals surface area contributed by atoms with Crippen LogP contribution in [0.1, 0.15) is 5.56 Å². The van der Waals surface area contributed by atoms with E-state index in [1.165, 1.54) is 6.20 Å². The van der Waals surface area contributed by atoms with Crippen molar-refractivity contribution in [3.63, 3.8) is 0 Å². The summed E-state index contributed by atoms with van der Waals surface area (Å²) in [7, 11) is 0. The molecule has 2 aromatic rings. The average Bonchev–Trinajstić information content (AvgIpc) is 2.24. The highest BCUT2D eigenvalue weighted by molar-refractivity contribution is 5.73. The van der Waals surface area contributed by atoms with Crippen molar-refractivity contribution < 1.29 is 13.2 Å². The summed E-state index contributed by atoms with van der Waals surface area (Å²) in [4.78, 5) is 3.93. The van der Waals surface area contributed by atoms with E-state index in [-0.39, 0.29) is 16.9 Å². The molecule has 2 rings (SSSR count). The summed E-state index contributed by atoms with van der Waals surface area (Å²) in [5.41, 5.74) is 6.64. The van der Waals surface area contributed by atoms with Crippen LogP contribution in [0.25, 0.3) is 11.3 Å². The molecule has 2 N–H and O–H groups in total. The van der Waals surface area contributed by atoms with E-state index in [9.17, 15) is 13.2 Å². The van der Waals surface area contributed by atoms with E-state index < -0.39 is 17.5 Å². The Bertz CT molecular complexity index is 582. The summed E-state index contributed by atoms with van der Waals surface area (Å²) in [6, 6.07) is 2.81. The summed E-state index contributed by atoms with van der Waals surface area (Å²) >= 11 is 0. The molecule has 88 valence electrons. The van der Waals surface area contributed by atoms with Gasteiger partial charge < -0.3 is 5.73 Å². The molecule has 1 aromatic heterocycles. The van der Waals surface area contributed by atoms with Crippen LogP contribution in [0.5, 0.6) is 0 Å². The zero-order valence-corrected chi connectivity index (χ0v) is 8.97. The lowest BCUT2D eigenvalue weighted by Gasteiger charge is -2.07. The Hall–Kier alpha value is -2.04. The van der Waals surface area contributed by atoms with Gasteiger partial charge in [0.05, 0.1) is 11.4 Å². The number of nitrogen functional groups attached to an aromatic ring is 1. The van der Waals surface area contributed by atoms with Gasteiger partial charge in [0.2, 0.25) is 0 Å². The van der Waals surface area contributed by atoms with Crippen LogP contribution >= 0.6 is 0 Å². The maximum atomic E-state index is 13.5. The van der Waals surface area contributed by atoms with Crippen molar-refractivity contribution in [2.45, 2.75) is 6.92 Å². The number of aryl methyl sites for hydroxylation is 1. The second-order valence-electron chi connectivity index (χ2n) is 3.70. The van der Waals surface area contributed by atoms with Crippen molar-refractivity contribution in [3.05, 3.63) is 47.4 Å². The number of rotatable bonds is 1. The number of hydrogen-bond donors (Lipinski definition) is 1. The molecule has 0 saturated heterocycles. The number of hydrogen-bond acceptors (Lipinski definition) is 2. The molecule has 0 aliphatic carbocycles. The standard InChI is InChI=1S/C12H9F3N2/c1-6-2-11(16)12(17-5-6)7-3-9(14)10(15)4-8(7)13/h2-5H,16H2,1H3. The Kier molecular flexibility index (Phi) is 2.75. The van der Waals surface area contributed by atoms with Gasteiger partial charge in [-0.15, -0.1) is 0 Å². The van der Waals surface area contributed by atoms with Crippen molar-refractivity contribution >= 4 is 5.69 Å². The van der Waals surface area contributed by atoms with Gasteiger partial charge in [0.1, 0.15) is 5.82 Å². The fourth-order valence-corrected chi connectivity index (χ4v) is 1.52. The normalized spacial score (nSPS) is 10.6. The van der Waals surface area contributed by atoms with Crippen molar-refractivity contribution in [3.8, 4) is 11.3 Å². The molecule has 0 unspecified atom stereocenters. The fourth-order valence-electron chi connectivity index (χ4n) is 1.52. The Morgan fingerprint density at radius 3 is 2.29 bits per heavy atom. The Balaban J connectivity index is 2.64. The summed E-state index contributed by atoms with van der Waals surface area (Å²) in [6.45, 7) is 1.77. The first-order chi connectivity index (χ1) is 7.99. The molecule has 0 aliphatic heterocycles. The van der Waals surface area contributed by atoms with Crippen molar-refractivity contribution in [1.29, 1.82) is 0 Å². The highest BCUT2D eigenvalue weighted by atomic mass is 19.2. The van der Waals surface area contributed by atoms with E-state index in [1.807, 2.05) is 0 Å². The van der Waals surface area contributed by atoms with Crippen LogP contribution in [-0.2, 0) is 0 Å². The Morgan fingerprint density at radius 2 is 1.65 bits per heavy atom. The first-order valence-corrected chi connectivity index (χ1v) is 4.86. The van der Waals surface area contributed by atoms with Gasteiger partial charge in [0.25, 0.3) is 0 Å². The van der Waals surface area contributed by atoms with E-state index in [0.717, 1.165) is 11.6 Å². The second kappa shape index (κ2) is 4.08. The van der Waals surface area contributed by atoms with Crippen molar-refractivity contribution in [1.82, 2.24) is 4.98 Å². The van der Waals surface area contributed by atoms with Gasteiger partial charge in [-0.25, -0.2) is 13.2 Å². The van der Waals surface area contributed by atoms with Crippen LogP contribution in [0.3, 0.4) is 0 Å². The predicted molar refractivity (Wildman–Crippen MR) is 58.7 cm³/mol. The zero-order valence-electron chi connectivity index (χ0n) is 8.97. The molecule has 0 radical (unpaired) electrons. The fraction of sp³-hybridized carbons (Fsp3) is 0.0833. The van der Waals surface area contributed by atoms with Crippen LogP contribution in [-0.4, -0.2) is 4.98 Å². The maximum Gasteiger partial charge on any atom is 0.161 e. The number of halogens is 3. The minimum atomic E-state index is -1.24. The molecule has 5 heteroatoms. The Morgan fingerprint density at radius 1 is 1.00 bits per heavy atom. The number of nitrogens with two attached hydrogens (primary N) is 1. The molecule has 1 heterocycles. The molecule has 0 atom stereocenters. The lowest BCUT2D eigenvalue weighted by Crippen LogP contribution is -1.98. The van der Waals surface area contributed by atoms with E-state index in [1.54, 1.807) is 13.0 Å². The number of nitrogens with zero attached hydrogens (tertiary/aromatic N) is 1. The third-order valence-corrected chi connectivity index (χ3v) is 2.32. The average molecular weight is 238 g/mol. The van der Waals surface area contributed by atoms with Crippen molar-refractivity contribution in [2.24, 2.45) is 0 Å². The monoisotopic (exact) mass is 238 g/mol. The first kappa shape index (κ1) is 11.4. The van der Waals surface area contributed by atoms with E-state index in [4.69, 9.17) is 5.73 Å². The number of benzene rings is 1. The van der Waals surface area contributed by atoms with Gasteiger partial charge in [-0.2, -0.15) is 0 Å². The van der Waals surface area contributed by atoms with Gasteiger partial charge in [0.15, 0.2) is 11.6 Å². The van der Waals surface area contributed by atoms with E-state index in [2.05, 4.69) is 4.98 Å². The number of pyridine rings is 1. The lowest BCUT2D eigenvalue weighted by molar-refractivity contribution is 0.496. The van der Waals surface area contributed by atoms with Gasteiger partial charge in [-0.05, 0) is 24.6 Å². The van der Waals surface area contributed by atoms with E-state index >= 15 is 0 Å². The van der Waals surface area contributed by atoms with Crippen LogP contribution in [0.15, 0.2) is 24.4 Å². The molecule has 2 nitrogen and oxygen atoms in total. The summed E-state index contributed by atoms with van der Waals surface area (Å²) < 4.78 is 39.3. The molecule has 1 aromatic carbocycles. The van der Waals surface area contributed by atoms with Gasteiger partial charge in [-0.3, -0.25) is 4.98 Å². The minimum Gasteiger partial charge on any atom is -0.397 e. The highest BCUT2D eigenvalue weighted by Crippen LogP contribution is 2.28.